The molecule has 0 atom stereocenters. The summed E-state index contributed by atoms with van der Waals surface area (Å²) in [6.07, 6.45) is 4.60. The Labute approximate surface area is 155 Å². The maximum absolute atomic E-state index is 12.7. The molecule has 4 rings (SSSR count). The first-order chi connectivity index (χ1) is 13.1. The van der Waals surface area contributed by atoms with Crippen molar-refractivity contribution in [3.8, 4) is 0 Å². The van der Waals surface area contributed by atoms with Crippen molar-refractivity contribution in [2.24, 2.45) is 0 Å². The van der Waals surface area contributed by atoms with Crippen LogP contribution in [-0.4, -0.2) is 27.0 Å². The van der Waals surface area contributed by atoms with Crippen LogP contribution in [0.2, 0.25) is 0 Å². The lowest BCUT2D eigenvalue weighted by atomic mass is 10.2. The number of furan rings is 1. The Morgan fingerprint density at radius 1 is 1.33 bits per heavy atom. The zero-order valence-electron chi connectivity index (χ0n) is 15.0. The van der Waals surface area contributed by atoms with Gasteiger partial charge in [-0.05, 0) is 37.6 Å². The third-order valence-corrected chi connectivity index (χ3v) is 4.54. The van der Waals surface area contributed by atoms with Gasteiger partial charge in [-0.1, -0.05) is 11.6 Å². The molecule has 3 heterocycles. The second-order valence-corrected chi connectivity index (χ2v) is 6.61. The Bertz CT molecular complexity index is 1160. The van der Waals surface area contributed by atoms with Gasteiger partial charge in [0.2, 0.25) is 5.91 Å². The molecule has 0 aliphatic carbocycles. The molecule has 3 aromatic heterocycles. The number of hydrogen-bond acceptors (Lipinski definition) is 4. The van der Waals surface area contributed by atoms with Crippen molar-refractivity contribution in [3.63, 3.8) is 0 Å². The van der Waals surface area contributed by atoms with Gasteiger partial charge in [-0.25, -0.2) is 4.98 Å². The van der Waals surface area contributed by atoms with E-state index in [4.69, 9.17) is 4.42 Å². The second-order valence-electron chi connectivity index (χ2n) is 6.61. The molecule has 7 nitrogen and oxygen atoms in total. The van der Waals surface area contributed by atoms with E-state index in [1.54, 1.807) is 6.26 Å². The molecular weight excluding hydrogens is 344 g/mol. The Morgan fingerprint density at radius 2 is 2.22 bits per heavy atom. The summed E-state index contributed by atoms with van der Waals surface area (Å²) in [5.74, 6) is 0.675. The van der Waals surface area contributed by atoms with Gasteiger partial charge in [-0.2, -0.15) is 0 Å². The number of fused-ring (bicyclic) bond motifs is 3. The minimum atomic E-state index is -0.250. The first kappa shape index (κ1) is 17.1. The number of benzene rings is 1. The van der Waals surface area contributed by atoms with E-state index in [-0.39, 0.29) is 18.0 Å². The minimum Gasteiger partial charge on any atom is -0.469 e. The molecule has 0 saturated carbocycles. The monoisotopic (exact) mass is 364 g/mol. The van der Waals surface area contributed by atoms with E-state index in [0.29, 0.717) is 17.6 Å². The summed E-state index contributed by atoms with van der Waals surface area (Å²) in [5.41, 5.74) is 2.76. The molecule has 0 aliphatic rings. The summed E-state index contributed by atoms with van der Waals surface area (Å²) in [6.45, 7) is 2.46. The number of nitrogens with one attached hydrogen (secondary N) is 2. The zero-order chi connectivity index (χ0) is 18.8. The molecule has 0 unspecified atom stereocenters. The van der Waals surface area contributed by atoms with Crippen molar-refractivity contribution in [1.82, 2.24) is 19.9 Å². The largest absolute Gasteiger partial charge is 0.469 e. The van der Waals surface area contributed by atoms with Crippen LogP contribution < -0.4 is 10.9 Å². The molecular formula is C20H20N4O3. The normalized spacial score (nSPS) is 11.3. The molecule has 0 aliphatic heterocycles. The molecule has 0 radical (unpaired) electrons. The van der Waals surface area contributed by atoms with Gasteiger partial charge in [0.25, 0.3) is 5.56 Å². The first-order valence-electron chi connectivity index (χ1n) is 8.88. The second kappa shape index (κ2) is 7.11. The van der Waals surface area contributed by atoms with Crippen LogP contribution in [0.4, 0.5) is 0 Å². The van der Waals surface area contributed by atoms with Gasteiger partial charge in [0, 0.05) is 23.9 Å². The van der Waals surface area contributed by atoms with Crippen LogP contribution in [0.3, 0.4) is 0 Å². The fraction of sp³-hybridized carbons (Fsp3) is 0.250. The van der Waals surface area contributed by atoms with Crippen molar-refractivity contribution in [1.29, 1.82) is 0 Å². The highest BCUT2D eigenvalue weighted by atomic mass is 16.3. The van der Waals surface area contributed by atoms with Gasteiger partial charge in [-0.3, -0.25) is 14.2 Å². The van der Waals surface area contributed by atoms with E-state index < -0.39 is 0 Å². The lowest BCUT2D eigenvalue weighted by Gasteiger charge is -2.06. The number of H-pyrrole nitrogens is 1. The van der Waals surface area contributed by atoms with Gasteiger partial charge < -0.3 is 14.7 Å². The van der Waals surface area contributed by atoms with Gasteiger partial charge in [-0.15, -0.1) is 0 Å². The van der Waals surface area contributed by atoms with Gasteiger partial charge in [0.05, 0.1) is 12.6 Å². The van der Waals surface area contributed by atoms with Crippen molar-refractivity contribution < 1.29 is 9.21 Å². The quantitative estimate of drug-likeness (QED) is 0.514. The topological polar surface area (TPSA) is 92.9 Å². The average molecular weight is 364 g/mol. The number of amides is 1. The number of rotatable bonds is 6. The highest BCUT2D eigenvalue weighted by molar-refractivity contribution is 6.04. The number of carbonyl (C=O) groups is 1. The number of hydrogen-bond donors (Lipinski definition) is 2. The molecule has 2 N–H and O–H groups in total. The Balaban J connectivity index is 1.45. The molecule has 7 heteroatoms. The predicted molar refractivity (Wildman–Crippen MR) is 103 cm³/mol. The van der Waals surface area contributed by atoms with E-state index in [9.17, 15) is 9.59 Å². The van der Waals surface area contributed by atoms with Crippen LogP contribution in [-0.2, 0) is 17.8 Å². The van der Waals surface area contributed by atoms with E-state index in [1.807, 2.05) is 37.3 Å². The summed E-state index contributed by atoms with van der Waals surface area (Å²) < 4.78 is 6.58. The highest BCUT2D eigenvalue weighted by Crippen LogP contribution is 2.22. The van der Waals surface area contributed by atoms with Crippen LogP contribution in [0, 0.1) is 6.92 Å². The average Bonchev–Trinajstić information content (AvgIpc) is 3.29. The van der Waals surface area contributed by atoms with Crippen LogP contribution in [0.15, 0.2) is 52.1 Å². The van der Waals surface area contributed by atoms with E-state index in [2.05, 4.69) is 15.3 Å². The van der Waals surface area contributed by atoms with Crippen LogP contribution in [0.1, 0.15) is 17.7 Å². The number of aromatic amines is 1. The Morgan fingerprint density at radius 3 is 3.04 bits per heavy atom. The first-order valence-corrected chi connectivity index (χ1v) is 8.88. The molecule has 0 fully saturated rings. The Kier molecular flexibility index (Phi) is 4.50. The summed E-state index contributed by atoms with van der Waals surface area (Å²) in [5, 5.41) is 3.74. The van der Waals surface area contributed by atoms with Gasteiger partial charge >= 0.3 is 0 Å². The molecule has 0 bridgehead atoms. The van der Waals surface area contributed by atoms with Crippen LogP contribution in [0.25, 0.3) is 21.9 Å². The molecule has 1 amide bonds. The number of carbonyl (C=O) groups excluding carboxylic acids is 1. The van der Waals surface area contributed by atoms with Crippen LogP contribution >= 0.6 is 0 Å². The maximum Gasteiger partial charge on any atom is 0.278 e. The van der Waals surface area contributed by atoms with Crippen molar-refractivity contribution in [2.75, 3.05) is 6.54 Å². The summed E-state index contributed by atoms with van der Waals surface area (Å²) in [6, 6.07) is 9.66. The number of aryl methyl sites for hydroxylation is 2. The Hall–Kier alpha value is -3.35. The van der Waals surface area contributed by atoms with Crippen molar-refractivity contribution in [2.45, 2.75) is 26.3 Å². The van der Waals surface area contributed by atoms with Gasteiger partial charge in [0.1, 0.15) is 23.3 Å². The summed E-state index contributed by atoms with van der Waals surface area (Å²) in [7, 11) is 0. The number of nitrogens with zero attached hydrogens (tertiary/aromatic N) is 2. The highest BCUT2D eigenvalue weighted by Gasteiger charge is 2.12. The molecule has 1 aromatic carbocycles. The summed E-state index contributed by atoms with van der Waals surface area (Å²) in [4.78, 5) is 32.4. The predicted octanol–water partition coefficient (Wildman–Crippen LogP) is 2.53. The SMILES string of the molecule is Cc1ccc2[nH]c3c(=O)n(CC(=O)NCCCc4ccco4)cnc3c2c1. The third kappa shape index (κ3) is 3.48. The van der Waals surface area contributed by atoms with Crippen molar-refractivity contribution in [3.05, 3.63) is 64.6 Å². The molecule has 0 saturated heterocycles. The standard InChI is InChI=1S/C20H20N4O3/c1-13-6-7-16-15(10-13)18-19(23-16)20(26)24(12-22-18)11-17(25)21-8-2-4-14-5-3-9-27-14/h3,5-7,9-10,12,23H,2,4,8,11H2,1H3,(H,21,25). The number of aromatic nitrogens is 3. The fourth-order valence-corrected chi connectivity index (χ4v) is 3.17. The summed E-state index contributed by atoms with van der Waals surface area (Å²) >= 11 is 0. The third-order valence-electron chi connectivity index (χ3n) is 4.54. The van der Waals surface area contributed by atoms with E-state index >= 15 is 0 Å². The molecule has 138 valence electrons. The smallest absolute Gasteiger partial charge is 0.278 e. The fourth-order valence-electron chi connectivity index (χ4n) is 3.17. The lowest BCUT2D eigenvalue weighted by Crippen LogP contribution is -2.33. The maximum atomic E-state index is 12.7. The van der Waals surface area contributed by atoms with Gasteiger partial charge in [0.15, 0.2) is 0 Å². The van der Waals surface area contributed by atoms with Crippen molar-refractivity contribution >= 4 is 27.8 Å². The molecule has 4 aromatic rings. The zero-order valence-corrected chi connectivity index (χ0v) is 15.0. The minimum absolute atomic E-state index is 0.0586. The lowest BCUT2D eigenvalue weighted by molar-refractivity contribution is -0.121. The molecule has 0 spiro atoms. The van der Waals surface area contributed by atoms with Crippen LogP contribution in [0.5, 0.6) is 0 Å². The van der Waals surface area contributed by atoms with E-state index in [1.165, 1.54) is 10.9 Å². The molecule has 27 heavy (non-hydrogen) atoms. The van der Waals surface area contributed by atoms with E-state index in [0.717, 1.165) is 35.1 Å².